The molecule has 2 N–H and O–H groups in total. The van der Waals surface area contributed by atoms with Gasteiger partial charge in [0.05, 0.1) is 4.47 Å². The summed E-state index contributed by atoms with van der Waals surface area (Å²) in [6.07, 6.45) is 0.540. The molecule has 0 saturated heterocycles. The van der Waals surface area contributed by atoms with Crippen molar-refractivity contribution in [3.63, 3.8) is 0 Å². The van der Waals surface area contributed by atoms with Crippen molar-refractivity contribution in [2.24, 2.45) is 5.73 Å². The zero-order valence-corrected chi connectivity index (χ0v) is 12.9. The minimum atomic E-state index is -0.276. The van der Waals surface area contributed by atoms with Gasteiger partial charge in [0.2, 0.25) is 0 Å². The lowest BCUT2D eigenvalue weighted by Gasteiger charge is -2.20. The van der Waals surface area contributed by atoms with Crippen LogP contribution in [0.3, 0.4) is 0 Å². The fourth-order valence-corrected chi connectivity index (χ4v) is 2.78. The molecule has 1 aliphatic heterocycles. The standard InChI is InChI=1S/C16H15BrFNO2/c17-16-11(2-1-3-12(16)18)8-13(19)10-4-5-14-15(9-10)21-7-6-20-14/h1-5,9,13H,6-8,19H2. The minimum Gasteiger partial charge on any atom is -0.486 e. The molecule has 21 heavy (non-hydrogen) atoms. The fraction of sp³-hybridized carbons (Fsp3) is 0.250. The lowest BCUT2D eigenvalue weighted by Crippen LogP contribution is -2.17. The van der Waals surface area contributed by atoms with Crippen LogP contribution in [0.4, 0.5) is 4.39 Å². The van der Waals surface area contributed by atoms with Crippen LogP contribution in [0.5, 0.6) is 11.5 Å². The number of fused-ring (bicyclic) bond motifs is 1. The quantitative estimate of drug-likeness (QED) is 0.918. The summed E-state index contributed by atoms with van der Waals surface area (Å²) in [6, 6.07) is 10.4. The molecule has 1 unspecified atom stereocenters. The van der Waals surface area contributed by atoms with Crippen molar-refractivity contribution >= 4 is 15.9 Å². The second-order valence-electron chi connectivity index (χ2n) is 4.93. The van der Waals surface area contributed by atoms with E-state index in [0.717, 1.165) is 16.9 Å². The summed E-state index contributed by atoms with van der Waals surface area (Å²) in [6.45, 7) is 1.11. The third-order valence-electron chi connectivity index (χ3n) is 3.47. The monoisotopic (exact) mass is 351 g/mol. The van der Waals surface area contributed by atoms with E-state index in [0.29, 0.717) is 29.9 Å². The summed E-state index contributed by atoms with van der Waals surface area (Å²) in [4.78, 5) is 0. The highest BCUT2D eigenvalue weighted by Gasteiger charge is 2.16. The van der Waals surface area contributed by atoms with Crippen LogP contribution in [0.2, 0.25) is 0 Å². The summed E-state index contributed by atoms with van der Waals surface area (Å²) < 4.78 is 25.0. The van der Waals surface area contributed by atoms with Crippen LogP contribution in [-0.4, -0.2) is 13.2 Å². The number of ether oxygens (including phenoxy) is 2. The van der Waals surface area contributed by atoms with Gasteiger partial charge in [0.1, 0.15) is 19.0 Å². The first-order chi connectivity index (χ1) is 10.1. The molecule has 3 rings (SSSR count). The molecule has 2 aromatic carbocycles. The summed E-state index contributed by atoms with van der Waals surface area (Å²) in [5, 5.41) is 0. The molecule has 0 bridgehead atoms. The average molecular weight is 352 g/mol. The Morgan fingerprint density at radius 3 is 2.71 bits per heavy atom. The van der Waals surface area contributed by atoms with E-state index in [1.54, 1.807) is 6.07 Å². The SMILES string of the molecule is NC(Cc1cccc(F)c1Br)c1ccc2c(c1)OCCO2. The van der Waals surface area contributed by atoms with Gasteiger partial charge in [0, 0.05) is 6.04 Å². The fourth-order valence-electron chi connectivity index (χ4n) is 2.35. The third-order valence-corrected chi connectivity index (χ3v) is 4.35. The van der Waals surface area contributed by atoms with Gasteiger partial charge in [0.25, 0.3) is 0 Å². The zero-order chi connectivity index (χ0) is 14.8. The molecule has 1 aliphatic rings. The largest absolute Gasteiger partial charge is 0.486 e. The summed E-state index contributed by atoms with van der Waals surface area (Å²) in [5.74, 6) is 1.18. The second kappa shape index (κ2) is 6.03. The molecule has 0 radical (unpaired) electrons. The Labute approximate surface area is 131 Å². The lowest BCUT2D eigenvalue weighted by atomic mass is 9.99. The number of nitrogens with two attached hydrogens (primary N) is 1. The first kappa shape index (κ1) is 14.4. The first-order valence-corrected chi connectivity index (χ1v) is 7.52. The smallest absolute Gasteiger partial charge is 0.161 e. The predicted molar refractivity (Wildman–Crippen MR) is 82.2 cm³/mol. The molecule has 0 aliphatic carbocycles. The van der Waals surface area contributed by atoms with Crippen molar-refractivity contribution in [3.05, 3.63) is 57.8 Å². The zero-order valence-electron chi connectivity index (χ0n) is 11.3. The van der Waals surface area contributed by atoms with Crippen molar-refractivity contribution < 1.29 is 13.9 Å². The second-order valence-corrected chi connectivity index (χ2v) is 5.72. The highest BCUT2D eigenvalue weighted by molar-refractivity contribution is 9.10. The van der Waals surface area contributed by atoms with Crippen molar-refractivity contribution in [3.8, 4) is 11.5 Å². The van der Waals surface area contributed by atoms with Crippen molar-refractivity contribution in [2.75, 3.05) is 13.2 Å². The molecule has 0 spiro atoms. The van der Waals surface area contributed by atoms with Crippen LogP contribution in [0.1, 0.15) is 17.2 Å². The van der Waals surface area contributed by atoms with Gasteiger partial charge in [-0.2, -0.15) is 0 Å². The highest BCUT2D eigenvalue weighted by atomic mass is 79.9. The maximum absolute atomic E-state index is 13.5. The molecule has 1 atom stereocenters. The van der Waals surface area contributed by atoms with Gasteiger partial charge in [-0.05, 0) is 51.7 Å². The summed E-state index contributed by atoms with van der Waals surface area (Å²) in [5.41, 5.74) is 8.02. The van der Waals surface area contributed by atoms with Gasteiger partial charge in [0.15, 0.2) is 11.5 Å². The molecule has 0 fully saturated rings. The summed E-state index contributed by atoms with van der Waals surface area (Å²) >= 11 is 3.27. The number of benzene rings is 2. The molecule has 2 aromatic rings. The van der Waals surface area contributed by atoms with Crippen molar-refractivity contribution in [1.29, 1.82) is 0 Å². The first-order valence-electron chi connectivity index (χ1n) is 6.73. The van der Waals surface area contributed by atoms with Crippen molar-refractivity contribution in [1.82, 2.24) is 0 Å². The van der Waals surface area contributed by atoms with E-state index < -0.39 is 0 Å². The Morgan fingerprint density at radius 1 is 1.14 bits per heavy atom. The predicted octanol–water partition coefficient (Wildman–Crippen LogP) is 3.60. The Hall–Kier alpha value is -1.59. The number of hydrogen-bond donors (Lipinski definition) is 1. The van der Waals surface area contributed by atoms with Crippen LogP contribution in [0.25, 0.3) is 0 Å². The lowest BCUT2D eigenvalue weighted by molar-refractivity contribution is 0.171. The normalized spacial score (nSPS) is 14.8. The van der Waals surface area contributed by atoms with E-state index in [-0.39, 0.29) is 11.9 Å². The Morgan fingerprint density at radius 2 is 1.90 bits per heavy atom. The van der Waals surface area contributed by atoms with Gasteiger partial charge in [-0.3, -0.25) is 0 Å². The van der Waals surface area contributed by atoms with E-state index >= 15 is 0 Å². The van der Waals surface area contributed by atoms with E-state index in [1.807, 2.05) is 24.3 Å². The van der Waals surface area contributed by atoms with Gasteiger partial charge in [-0.25, -0.2) is 4.39 Å². The van der Waals surface area contributed by atoms with E-state index in [4.69, 9.17) is 15.2 Å². The molecular weight excluding hydrogens is 337 g/mol. The Balaban J connectivity index is 1.82. The van der Waals surface area contributed by atoms with Crippen LogP contribution in [0, 0.1) is 5.82 Å². The number of halogens is 2. The van der Waals surface area contributed by atoms with Gasteiger partial charge in [-0.15, -0.1) is 0 Å². The minimum absolute atomic E-state index is 0.237. The Kier molecular flexibility index (Phi) is 4.12. The molecule has 0 aromatic heterocycles. The van der Waals surface area contributed by atoms with Crippen LogP contribution < -0.4 is 15.2 Å². The molecule has 110 valence electrons. The summed E-state index contributed by atoms with van der Waals surface area (Å²) in [7, 11) is 0. The van der Waals surface area contributed by atoms with Crippen LogP contribution in [-0.2, 0) is 6.42 Å². The van der Waals surface area contributed by atoms with Crippen LogP contribution >= 0.6 is 15.9 Å². The maximum Gasteiger partial charge on any atom is 0.161 e. The van der Waals surface area contributed by atoms with Crippen LogP contribution in [0.15, 0.2) is 40.9 Å². The van der Waals surface area contributed by atoms with E-state index in [2.05, 4.69) is 15.9 Å². The van der Waals surface area contributed by atoms with E-state index in [1.165, 1.54) is 6.07 Å². The molecule has 5 heteroatoms. The number of hydrogen-bond acceptors (Lipinski definition) is 3. The molecule has 0 saturated carbocycles. The van der Waals surface area contributed by atoms with Gasteiger partial charge < -0.3 is 15.2 Å². The highest BCUT2D eigenvalue weighted by Crippen LogP contribution is 2.33. The maximum atomic E-state index is 13.5. The molecule has 0 amide bonds. The third kappa shape index (κ3) is 3.04. The number of rotatable bonds is 3. The van der Waals surface area contributed by atoms with Gasteiger partial charge >= 0.3 is 0 Å². The Bertz CT molecular complexity index is 663. The molecule has 1 heterocycles. The average Bonchev–Trinajstić information content (AvgIpc) is 2.51. The molecular formula is C16H15BrFNO2. The van der Waals surface area contributed by atoms with Gasteiger partial charge in [-0.1, -0.05) is 18.2 Å². The molecule has 3 nitrogen and oxygen atoms in total. The van der Waals surface area contributed by atoms with Crippen molar-refractivity contribution in [2.45, 2.75) is 12.5 Å². The topological polar surface area (TPSA) is 44.5 Å². The van der Waals surface area contributed by atoms with E-state index in [9.17, 15) is 4.39 Å².